The number of benzene rings is 2. The summed E-state index contributed by atoms with van der Waals surface area (Å²) in [7, 11) is 3.15. The van der Waals surface area contributed by atoms with Gasteiger partial charge in [-0.15, -0.1) is 0 Å². The van der Waals surface area contributed by atoms with E-state index in [1.807, 2.05) is 12.1 Å². The van der Waals surface area contributed by atoms with Crippen LogP contribution in [0, 0.1) is 0 Å². The number of hydrazone groups is 1. The Labute approximate surface area is 162 Å². The number of amides is 1. The molecule has 0 bridgehead atoms. The van der Waals surface area contributed by atoms with Gasteiger partial charge in [0.2, 0.25) is 0 Å². The van der Waals surface area contributed by atoms with Crippen LogP contribution in [0.25, 0.3) is 0 Å². The Morgan fingerprint density at radius 3 is 2.56 bits per heavy atom. The molecule has 0 saturated heterocycles. The van der Waals surface area contributed by atoms with Crippen molar-refractivity contribution in [1.82, 2.24) is 5.43 Å². The summed E-state index contributed by atoms with van der Waals surface area (Å²) in [5, 5.41) is 3.92. The highest BCUT2D eigenvalue weighted by atomic mass is 79.9. The van der Waals surface area contributed by atoms with Crippen LogP contribution in [0.2, 0.25) is 0 Å². The van der Waals surface area contributed by atoms with Crippen LogP contribution < -0.4 is 19.6 Å². The van der Waals surface area contributed by atoms with E-state index in [4.69, 9.17) is 14.2 Å². The largest absolute Gasteiger partial charge is 0.497 e. The summed E-state index contributed by atoms with van der Waals surface area (Å²) in [6.07, 6.45) is 1.50. The molecule has 2 aromatic carbocycles. The van der Waals surface area contributed by atoms with Gasteiger partial charge in [-0.3, -0.25) is 4.79 Å². The van der Waals surface area contributed by atoms with E-state index in [2.05, 4.69) is 42.4 Å². The number of carbonyl (C=O) groups excluding carboxylic acids is 1. The summed E-state index contributed by atoms with van der Waals surface area (Å²) < 4.78 is 17.4. The van der Waals surface area contributed by atoms with Crippen molar-refractivity contribution in [2.75, 3.05) is 20.8 Å². The average Bonchev–Trinajstić information content (AvgIpc) is 2.60. The standard InChI is InChI=1S/C17H16Br2N2O4/c1-23-13-4-6-16(14(19)8-13)25-10-17(22)21-20-9-11-7-12(18)3-5-15(11)24-2/h3-9H,10H2,1-2H3,(H,21,22). The third-order valence-corrected chi connectivity index (χ3v) is 4.20. The number of hydrogen-bond donors (Lipinski definition) is 1. The molecule has 132 valence electrons. The fourth-order valence-electron chi connectivity index (χ4n) is 1.88. The maximum Gasteiger partial charge on any atom is 0.277 e. The van der Waals surface area contributed by atoms with Crippen molar-refractivity contribution in [3.05, 3.63) is 50.9 Å². The number of methoxy groups -OCH3 is 2. The lowest BCUT2D eigenvalue weighted by Gasteiger charge is -2.08. The second kappa shape index (κ2) is 9.43. The van der Waals surface area contributed by atoms with Gasteiger partial charge in [-0.2, -0.15) is 5.10 Å². The molecule has 8 heteroatoms. The van der Waals surface area contributed by atoms with E-state index in [0.29, 0.717) is 21.7 Å². The van der Waals surface area contributed by atoms with E-state index in [0.717, 1.165) is 10.0 Å². The van der Waals surface area contributed by atoms with E-state index in [1.54, 1.807) is 38.5 Å². The van der Waals surface area contributed by atoms with E-state index in [9.17, 15) is 4.79 Å². The normalized spacial score (nSPS) is 10.6. The molecule has 0 aliphatic carbocycles. The van der Waals surface area contributed by atoms with Gasteiger partial charge in [0, 0.05) is 10.0 Å². The highest BCUT2D eigenvalue weighted by molar-refractivity contribution is 9.10. The minimum atomic E-state index is -0.382. The molecule has 0 atom stereocenters. The van der Waals surface area contributed by atoms with Gasteiger partial charge in [-0.1, -0.05) is 15.9 Å². The molecule has 0 radical (unpaired) electrons. The molecule has 0 fully saturated rings. The fraction of sp³-hybridized carbons (Fsp3) is 0.176. The molecule has 0 unspecified atom stereocenters. The predicted octanol–water partition coefficient (Wildman–Crippen LogP) is 3.76. The van der Waals surface area contributed by atoms with Crippen LogP contribution in [-0.4, -0.2) is 32.9 Å². The zero-order valence-corrected chi connectivity index (χ0v) is 16.8. The van der Waals surface area contributed by atoms with Gasteiger partial charge in [-0.25, -0.2) is 5.43 Å². The Bertz CT molecular complexity index is 781. The summed E-state index contributed by atoms with van der Waals surface area (Å²) in [6, 6.07) is 10.7. The number of carbonyl (C=O) groups is 1. The number of nitrogens with zero attached hydrogens (tertiary/aromatic N) is 1. The van der Waals surface area contributed by atoms with Crippen LogP contribution in [0.15, 0.2) is 50.4 Å². The first-order chi connectivity index (χ1) is 12.0. The van der Waals surface area contributed by atoms with E-state index < -0.39 is 0 Å². The summed E-state index contributed by atoms with van der Waals surface area (Å²) >= 11 is 6.74. The quantitative estimate of drug-likeness (QED) is 0.493. The van der Waals surface area contributed by atoms with Crippen molar-refractivity contribution in [3.8, 4) is 17.2 Å². The molecule has 2 rings (SSSR count). The van der Waals surface area contributed by atoms with Crippen molar-refractivity contribution < 1.29 is 19.0 Å². The molecular formula is C17H16Br2N2O4. The van der Waals surface area contributed by atoms with Gasteiger partial charge in [-0.05, 0) is 52.3 Å². The SMILES string of the molecule is COc1ccc(OCC(=O)NN=Cc2cc(Br)ccc2OC)c(Br)c1. The third-order valence-electron chi connectivity index (χ3n) is 3.08. The summed E-state index contributed by atoms with van der Waals surface area (Å²) in [4.78, 5) is 11.8. The summed E-state index contributed by atoms with van der Waals surface area (Å²) in [5.74, 6) is 1.50. The smallest absolute Gasteiger partial charge is 0.277 e. The molecule has 1 N–H and O–H groups in total. The van der Waals surface area contributed by atoms with Crippen LogP contribution in [0.5, 0.6) is 17.2 Å². The second-order valence-electron chi connectivity index (χ2n) is 4.76. The zero-order valence-electron chi connectivity index (χ0n) is 13.6. The predicted molar refractivity (Wildman–Crippen MR) is 103 cm³/mol. The maximum absolute atomic E-state index is 11.8. The number of hydrogen-bond acceptors (Lipinski definition) is 5. The van der Waals surface area contributed by atoms with Crippen molar-refractivity contribution in [1.29, 1.82) is 0 Å². The lowest BCUT2D eigenvalue weighted by molar-refractivity contribution is -0.123. The van der Waals surface area contributed by atoms with Gasteiger partial charge in [0.25, 0.3) is 5.91 Å². The highest BCUT2D eigenvalue weighted by Gasteiger charge is 2.06. The molecule has 6 nitrogen and oxygen atoms in total. The number of nitrogens with one attached hydrogen (secondary N) is 1. The van der Waals surface area contributed by atoms with Crippen LogP contribution in [0.3, 0.4) is 0 Å². The highest BCUT2D eigenvalue weighted by Crippen LogP contribution is 2.29. The van der Waals surface area contributed by atoms with E-state index in [-0.39, 0.29) is 12.5 Å². The molecule has 0 spiro atoms. The number of rotatable bonds is 7. The molecule has 0 heterocycles. The first-order valence-corrected chi connectivity index (χ1v) is 8.74. The molecule has 2 aromatic rings. The molecule has 0 aromatic heterocycles. The Kier molecular flexibility index (Phi) is 7.27. The van der Waals surface area contributed by atoms with Gasteiger partial charge < -0.3 is 14.2 Å². The van der Waals surface area contributed by atoms with Crippen LogP contribution >= 0.6 is 31.9 Å². The minimum absolute atomic E-state index is 0.169. The van der Waals surface area contributed by atoms with Crippen LogP contribution in [0.4, 0.5) is 0 Å². The van der Waals surface area contributed by atoms with E-state index >= 15 is 0 Å². The Morgan fingerprint density at radius 2 is 1.88 bits per heavy atom. The first kappa shape index (κ1) is 19.3. The van der Waals surface area contributed by atoms with Crippen molar-refractivity contribution in [2.24, 2.45) is 5.10 Å². The molecule has 1 amide bonds. The molecule has 0 aliphatic rings. The summed E-state index contributed by atoms with van der Waals surface area (Å²) in [6.45, 7) is -0.169. The van der Waals surface area contributed by atoms with Gasteiger partial charge in [0.05, 0.1) is 24.9 Å². The van der Waals surface area contributed by atoms with Crippen LogP contribution in [0.1, 0.15) is 5.56 Å². The maximum atomic E-state index is 11.8. The third kappa shape index (κ3) is 5.75. The second-order valence-corrected chi connectivity index (χ2v) is 6.53. The lowest BCUT2D eigenvalue weighted by Crippen LogP contribution is -2.24. The van der Waals surface area contributed by atoms with Crippen molar-refractivity contribution >= 4 is 44.0 Å². The Balaban J connectivity index is 1.90. The van der Waals surface area contributed by atoms with Gasteiger partial charge in [0.1, 0.15) is 17.2 Å². The van der Waals surface area contributed by atoms with Gasteiger partial charge in [0.15, 0.2) is 6.61 Å². The fourth-order valence-corrected chi connectivity index (χ4v) is 2.73. The van der Waals surface area contributed by atoms with E-state index in [1.165, 1.54) is 6.21 Å². The topological polar surface area (TPSA) is 69.2 Å². The number of ether oxygens (including phenoxy) is 3. The zero-order chi connectivity index (χ0) is 18.2. The van der Waals surface area contributed by atoms with Crippen molar-refractivity contribution in [2.45, 2.75) is 0 Å². The molecule has 0 saturated carbocycles. The first-order valence-electron chi connectivity index (χ1n) is 7.15. The average molecular weight is 472 g/mol. The van der Waals surface area contributed by atoms with Crippen molar-refractivity contribution in [3.63, 3.8) is 0 Å². The molecular weight excluding hydrogens is 456 g/mol. The summed E-state index contributed by atoms with van der Waals surface area (Å²) in [5.41, 5.74) is 3.14. The Morgan fingerprint density at radius 1 is 1.12 bits per heavy atom. The molecule has 0 aliphatic heterocycles. The van der Waals surface area contributed by atoms with Crippen LogP contribution in [-0.2, 0) is 4.79 Å². The lowest BCUT2D eigenvalue weighted by atomic mass is 10.2. The minimum Gasteiger partial charge on any atom is -0.497 e. The Hall–Kier alpha value is -2.06. The number of halogens is 2. The van der Waals surface area contributed by atoms with Gasteiger partial charge >= 0.3 is 0 Å². The monoisotopic (exact) mass is 470 g/mol. The molecule has 25 heavy (non-hydrogen) atoms.